The van der Waals surface area contributed by atoms with Gasteiger partial charge in [0.15, 0.2) is 0 Å². The molecule has 0 aliphatic carbocycles. The fraction of sp³-hybridized carbons (Fsp3) is 0.136. The topological polar surface area (TPSA) is 33.5 Å². The third-order valence-corrected chi connectivity index (χ3v) is 6.01. The summed E-state index contributed by atoms with van der Waals surface area (Å²) in [5.41, 5.74) is 3.32. The largest absolute Gasteiger partial charge is 0.457 e. The minimum absolute atomic E-state index is 0.0155. The number of furan rings is 1. The number of carbonyl (C=O) groups excluding carboxylic acids is 1. The van der Waals surface area contributed by atoms with Crippen molar-refractivity contribution >= 4 is 36.4 Å². The zero-order valence-electron chi connectivity index (χ0n) is 14.8. The van der Waals surface area contributed by atoms with Crippen LogP contribution in [0.15, 0.2) is 76.1 Å². The molecule has 1 fully saturated rings. The van der Waals surface area contributed by atoms with Gasteiger partial charge in [-0.15, -0.1) is 12.6 Å². The van der Waals surface area contributed by atoms with Gasteiger partial charge in [-0.2, -0.15) is 0 Å². The lowest BCUT2D eigenvalue weighted by Crippen LogP contribution is -2.28. The molecular weight excluding hydrogens is 374 g/mol. The van der Waals surface area contributed by atoms with Crippen molar-refractivity contribution in [3.8, 4) is 11.3 Å². The van der Waals surface area contributed by atoms with Gasteiger partial charge in [-0.3, -0.25) is 4.79 Å². The van der Waals surface area contributed by atoms with Crippen molar-refractivity contribution in [2.75, 3.05) is 0 Å². The molecule has 27 heavy (non-hydrogen) atoms. The van der Waals surface area contributed by atoms with Crippen molar-refractivity contribution in [2.45, 2.75) is 18.2 Å². The van der Waals surface area contributed by atoms with E-state index in [1.54, 1.807) is 11.0 Å². The van der Waals surface area contributed by atoms with Crippen LogP contribution in [0.4, 0.5) is 0 Å². The first kappa shape index (κ1) is 18.0. The van der Waals surface area contributed by atoms with Crippen LogP contribution >= 0.6 is 24.4 Å². The molecule has 0 N–H and O–H groups in total. The molecule has 2 aromatic carbocycles. The Morgan fingerprint density at radius 1 is 1.07 bits per heavy atom. The van der Waals surface area contributed by atoms with Gasteiger partial charge in [-0.25, -0.2) is 0 Å². The van der Waals surface area contributed by atoms with Crippen LogP contribution in [-0.4, -0.2) is 15.5 Å². The number of nitrogens with zero attached hydrogens (tertiary/aromatic N) is 1. The molecule has 1 unspecified atom stereocenters. The van der Waals surface area contributed by atoms with E-state index >= 15 is 0 Å². The molecule has 0 bridgehead atoms. The maximum Gasteiger partial charge on any atom is 0.262 e. The molecule has 1 atom stereocenters. The Labute approximate surface area is 168 Å². The van der Waals surface area contributed by atoms with E-state index in [0.29, 0.717) is 17.2 Å². The van der Waals surface area contributed by atoms with Gasteiger partial charge in [-0.1, -0.05) is 71.9 Å². The number of hydrogen-bond donors (Lipinski definition) is 1. The van der Waals surface area contributed by atoms with Crippen molar-refractivity contribution in [1.82, 2.24) is 4.90 Å². The van der Waals surface area contributed by atoms with E-state index in [2.05, 4.69) is 31.7 Å². The second kappa shape index (κ2) is 7.71. The first-order valence-electron chi connectivity index (χ1n) is 8.68. The average Bonchev–Trinajstić information content (AvgIpc) is 3.25. The van der Waals surface area contributed by atoms with E-state index in [1.165, 1.54) is 17.3 Å². The molecule has 1 aliphatic heterocycles. The second-order valence-corrected chi connectivity index (χ2v) is 8.40. The lowest BCUT2D eigenvalue weighted by Gasteiger charge is -2.19. The van der Waals surface area contributed by atoms with Crippen molar-refractivity contribution in [2.24, 2.45) is 0 Å². The maximum absolute atomic E-state index is 12.8. The van der Waals surface area contributed by atoms with Gasteiger partial charge in [0.25, 0.3) is 5.91 Å². The van der Waals surface area contributed by atoms with E-state index < -0.39 is 0 Å². The summed E-state index contributed by atoms with van der Waals surface area (Å²) in [4.78, 5) is 15.2. The van der Waals surface area contributed by atoms with Crippen LogP contribution < -0.4 is 0 Å². The number of hydrogen-bond acceptors (Lipinski definition) is 4. The highest BCUT2D eigenvalue weighted by Crippen LogP contribution is 2.39. The second-order valence-electron chi connectivity index (χ2n) is 6.44. The van der Waals surface area contributed by atoms with E-state index in [0.717, 1.165) is 16.9 Å². The Bertz CT molecular complexity index is 977. The highest BCUT2D eigenvalue weighted by Gasteiger charge is 2.34. The first-order valence-corrected chi connectivity index (χ1v) is 10.1. The van der Waals surface area contributed by atoms with E-state index in [1.807, 2.05) is 54.6 Å². The van der Waals surface area contributed by atoms with Crippen LogP contribution in [0.2, 0.25) is 0 Å². The molecule has 1 amide bonds. The Hall–Kier alpha value is -2.37. The Kier molecular flexibility index (Phi) is 5.14. The van der Waals surface area contributed by atoms with Gasteiger partial charge in [0, 0.05) is 18.2 Å². The Morgan fingerprint density at radius 2 is 1.81 bits per heavy atom. The van der Waals surface area contributed by atoms with Crippen LogP contribution in [0.1, 0.15) is 16.9 Å². The molecule has 1 saturated heterocycles. The van der Waals surface area contributed by atoms with Crippen LogP contribution in [0.25, 0.3) is 17.4 Å². The third-order valence-electron chi connectivity index (χ3n) is 4.40. The lowest BCUT2D eigenvalue weighted by atomic mass is 10.1. The van der Waals surface area contributed by atoms with Crippen LogP contribution in [0.3, 0.4) is 0 Å². The molecule has 2 heterocycles. The summed E-state index contributed by atoms with van der Waals surface area (Å²) in [6.07, 6.45) is 1.80. The fourth-order valence-corrected chi connectivity index (χ4v) is 4.38. The number of amides is 1. The molecule has 136 valence electrons. The number of benzene rings is 2. The van der Waals surface area contributed by atoms with E-state index in [4.69, 9.17) is 4.42 Å². The van der Waals surface area contributed by atoms with Crippen LogP contribution in [0, 0.1) is 6.92 Å². The summed E-state index contributed by atoms with van der Waals surface area (Å²) >= 11 is 6.03. The minimum Gasteiger partial charge on any atom is -0.457 e. The SMILES string of the molecule is Cc1ccc(CN2C(=O)/C(=C/c3ccc(-c4ccccc4)o3)SC2S)cc1. The first-order chi connectivity index (χ1) is 13.1. The summed E-state index contributed by atoms with van der Waals surface area (Å²) in [7, 11) is 0. The molecule has 3 nitrogen and oxygen atoms in total. The smallest absolute Gasteiger partial charge is 0.262 e. The zero-order valence-corrected chi connectivity index (χ0v) is 16.5. The predicted molar refractivity (Wildman–Crippen MR) is 114 cm³/mol. The summed E-state index contributed by atoms with van der Waals surface area (Å²) in [6.45, 7) is 2.60. The number of carbonyl (C=O) groups is 1. The van der Waals surface area contributed by atoms with E-state index in [-0.39, 0.29) is 10.6 Å². The van der Waals surface area contributed by atoms with Crippen molar-refractivity contribution in [1.29, 1.82) is 0 Å². The molecule has 4 rings (SSSR count). The minimum atomic E-state index is -0.200. The zero-order chi connectivity index (χ0) is 18.8. The fourth-order valence-electron chi connectivity index (χ4n) is 2.92. The molecule has 1 aromatic heterocycles. The molecular formula is C22H19NO2S2. The Morgan fingerprint density at radius 3 is 2.56 bits per heavy atom. The van der Waals surface area contributed by atoms with Gasteiger partial charge in [0.05, 0.1) is 4.91 Å². The standard InChI is InChI=1S/C22H19NO2S2/c1-15-7-9-16(10-8-15)14-23-21(24)20(27-22(23)26)13-18-11-12-19(25-18)17-5-3-2-4-6-17/h2-13,22,26H,14H2,1H3/b20-13-. The number of aryl methyl sites for hydroxylation is 1. The van der Waals surface area contributed by atoms with Crippen molar-refractivity contribution in [3.63, 3.8) is 0 Å². The molecule has 0 saturated carbocycles. The number of thioether (sulfide) groups is 1. The predicted octanol–water partition coefficient (Wildman–Crippen LogP) is 5.58. The van der Waals surface area contributed by atoms with Gasteiger partial charge in [-0.05, 0) is 24.6 Å². The maximum atomic E-state index is 12.8. The average molecular weight is 394 g/mol. The normalized spacial score (nSPS) is 18.4. The van der Waals surface area contributed by atoms with Gasteiger partial charge in [0.2, 0.25) is 0 Å². The van der Waals surface area contributed by atoms with Gasteiger partial charge in [0.1, 0.15) is 16.2 Å². The Balaban J connectivity index is 1.52. The van der Waals surface area contributed by atoms with Gasteiger partial charge < -0.3 is 9.32 Å². The summed E-state index contributed by atoms with van der Waals surface area (Å²) < 4.78 is 5.70. The third kappa shape index (κ3) is 3.99. The molecule has 3 aromatic rings. The molecule has 0 spiro atoms. The highest BCUT2D eigenvalue weighted by atomic mass is 32.2. The molecule has 0 radical (unpaired) electrons. The highest BCUT2D eigenvalue weighted by molar-refractivity contribution is 8.14. The summed E-state index contributed by atoms with van der Waals surface area (Å²) in [5, 5.41) is 0. The van der Waals surface area contributed by atoms with Crippen molar-refractivity contribution in [3.05, 3.63) is 88.5 Å². The van der Waals surface area contributed by atoms with Gasteiger partial charge >= 0.3 is 0 Å². The van der Waals surface area contributed by atoms with Crippen LogP contribution in [0.5, 0.6) is 0 Å². The summed E-state index contributed by atoms with van der Waals surface area (Å²) in [6, 6.07) is 21.9. The van der Waals surface area contributed by atoms with Crippen LogP contribution in [-0.2, 0) is 11.3 Å². The monoisotopic (exact) mass is 393 g/mol. The molecule has 1 aliphatic rings. The summed E-state index contributed by atoms with van der Waals surface area (Å²) in [5.74, 6) is 1.44. The lowest BCUT2D eigenvalue weighted by molar-refractivity contribution is -0.125. The molecule has 5 heteroatoms. The van der Waals surface area contributed by atoms with Crippen molar-refractivity contribution < 1.29 is 9.21 Å². The number of rotatable bonds is 4. The quantitative estimate of drug-likeness (QED) is 0.464. The van der Waals surface area contributed by atoms with E-state index in [9.17, 15) is 4.79 Å². The number of thiol groups is 1.